The third-order valence-corrected chi connectivity index (χ3v) is 3.86. The zero-order valence-electron chi connectivity index (χ0n) is 11.8. The second-order valence-corrected chi connectivity index (χ2v) is 6.01. The smallest absolute Gasteiger partial charge is 0.238 e. The number of anilines is 1. The highest BCUT2D eigenvalue weighted by atomic mass is 32.2. The van der Waals surface area contributed by atoms with Crippen molar-refractivity contribution >= 4 is 21.6 Å². The molecule has 20 heavy (non-hydrogen) atoms. The SMILES string of the molecule is CCc1ccc(NC(=O)CCCNC)cc1S(N)(=O)=O. The molecule has 1 aromatic carbocycles. The second kappa shape index (κ2) is 7.37. The van der Waals surface area contributed by atoms with Crippen LogP contribution in [0.4, 0.5) is 5.69 Å². The van der Waals surface area contributed by atoms with Gasteiger partial charge in [0, 0.05) is 12.1 Å². The maximum atomic E-state index is 11.7. The van der Waals surface area contributed by atoms with Gasteiger partial charge in [0.25, 0.3) is 0 Å². The Balaban J connectivity index is 2.85. The van der Waals surface area contributed by atoms with E-state index >= 15 is 0 Å². The van der Waals surface area contributed by atoms with Gasteiger partial charge < -0.3 is 10.6 Å². The van der Waals surface area contributed by atoms with Gasteiger partial charge in [-0.2, -0.15) is 0 Å². The molecule has 7 heteroatoms. The number of carbonyl (C=O) groups excluding carboxylic acids is 1. The Morgan fingerprint density at radius 3 is 2.60 bits per heavy atom. The Morgan fingerprint density at radius 1 is 1.35 bits per heavy atom. The van der Waals surface area contributed by atoms with Crippen LogP contribution in [0.2, 0.25) is 0 Å². The number of hydrogen-bond donors (Lipinski definition) is 3. The Kier molecular flexibility index (Phi) is 6.12. The third kappa shape index (κ3) is 4.92. The topological polar surface area (TPSA) is 101 Å². The van der Waals surface area contributed by atoms with E-state index in [0.717, 1.165) is 13.0 Å². The molecule has 0 aromatic heterocycles. The molecule has 112 valence electrons. The van der Waals surface area contributed by atoms with Gasteiger partial charge in [-0.05, 0) is 44.1 Å². The highest BCUT2D eigenvalue weighted by molar-refractivity contribution is 7.89. The number of hydrogen-bond acceptors (Lipinski definition) is 4. The molecule has 1 rings (SSSR count). The van der Waals surface area contributed by atoms with E-state index in [4.69, 9.17) is 5.14 Å². The van der Waals surface area contributed by atoms with Crippen molar-refractivity contribution in [3.63, 3.8) is 0 Å². The summed E-state index contributed by atoms with van der Waals surface area (Å²) in [5, 5.41) is 10.8. The third-order valence-electron chi connectivity index (χ3n) is 2.87. The Morgan fingerprint density at radius 2 is 2.05 bits per heavy atom. The van der Waals surface area contributed by atoms with E-state index in [1.807, 2.05) is 14.0 Å². The fourth-order valence-electron chi connectivity index (χ4n) is 1.84. The minimum absolute atomic E-state index is 0.0630. The van der Waals surface area contributed by atoms with Gasteiger partial charge in [-0.3, -0.25) is 4.79 Å². The van der Waals surface area contributed by atoms with Crippen LogP contribution in [0, 0.1) is 0 Å². The summed E-state index contributed by atoms with van der Waals surface area (Å²) in [7, 11) is -1.97. The first kappa shape index (κ1) is 16.6. The van der Waals surface area contributed by atoms with E-state index in [2.05, 4.69) is 10.6 Å². The molecule has 0 aliphatic heterocycles. The molecule has 0 saturated carbocycles. The van der Waals surface area contributed by atoms with Gasteiger partial charge in [0.2, 0.25) is 15.9 Å². The molecule has 0 saturated heterocycles. The summed E-state index contributed by atoms with van der Waals surface area (Å²) >= 11 is 0. The summed E-state index contributed by atoms with van der Waals surface area (Å²) in [6.45, 7) is 2.60. The van der Waals surface area contributed by atoms with Crippen LogP contribution in [0.15, 0.2) is 23.1 Å². The maximum Gasteiger partial charge on any atom is 0.238 e. The van der Waals surface area contributed by atoms with Crippen LogP contribution in [-0.2, 0) is 21.2 Å². The number of primary sulfonamides is 1. The van der Waals surface area contributed by atoms with Crippen molar-refractivity contribution in [1.29, 1.82) is 0 Å². The van der Waals surface area contributed by atoms with Crippen molar-refractivity contribution in [2.24, 2.45) is 5.14 Å². The first-order valence-corrected chi connectivity index (χ1v) is 8.03. The number of nitrogens with two attached hydrogens (primary N) is 1. The minimum Gasteiger partial charge on any atom is -0.326 e. The monoisotopic (exact) mass is 299 g/mol. The normalized spacial score (nSPS) is 11.3. The summed E-state index contributed by atoms with van der Waals surface area (Å²) in [5.74, 6) is -0.148. The number of sulfonamides is 1. The lowest BCUT2D eigenvalue weighted by Gasteiger charge is -2.10. The molecule has 0 heterocycles. The predicted molar refractivity (Wildman–Crippen MR) is 79.0 cm³/mol. The molecule has 0 aliphatic rings. The van der Waals surface area contributed by atoms with Crippen LogP contribution in [-0.4, -0.2) is 27.9 Å². The number of aryl methyl sites for hydroxylation is 1. The molecule has 1 aromatic rings. The first-order chi connectivity index (χ1) is 9.38. The van der Waals surface area contributed by atoms with Gasteiger partial charge in [0.15, 0.2) is 0 Å². The average Bonchev–Trinajstić information content (AvgIpc) is 2.38. The zero-order chi connectivity index (χ0) is 15.2. The van der Waals surface area contributed by atoms with E-state index in [9.17, 15) is 13.2 Å². The lowest BCUT2D eigenvalue weighted by atomic mass is 10.1. The van der Waals surface area contributed by atoms with E-state index in [1.54, 1.807) is 12.1 Å². The van der Waals surface area contributed by atoms with Gasteiger partial charge in [-0.25, -0.2) is 13.6 Å². The quantitative estimate of drug-likeness (QED) is 0.649. The fraction of sp³-hybridized carbons (Fsp3) is 0.462. The number of rotatable bonds is 7. The summed E-state index contributed by atoms with van der Waals surface area (Å²) < 4.78 is 23.0. The Labute approximate surface area is 119 Å². The molecule has 0 fully saturated rings. The number of carbonyl (C=O) groups is 1. The van der Waals surface area contributed by atoms with Crippen molar-refractivity contribution < 1.29 is 13.2 Å². The van der Waals surface area contributed by atoms with Crippen molar-refractivity contribution in [1.82, 2.24) is 5.32 Å². The Hall–Kier alpha value is -1.44. The fourth-order valence-corrected chi connectivity index (χ4v) is 2.71. The maximum absolute atomic E-state index is 11.7. The van der Waals surface area contributed by atoms with Crippen LogP contribution in [0.5, 0.6) is 0 Å². The van der Waals surface area contributed by atoms with Gasteiger partial charge >= 0.3 is 0 Å². The lowest BCUT2D eigenvalue weighted by molar-refractivity contribution is -0.116. The summed E-state index contributed by atoms with van der Waals surface area (Å²) in [6.07, 6.45) is 1.65. The van der Waals surface area contributed by atoms with Crippen LogP contribution < -0.4 is 15.8 Å². The molecule has 4 N–H and O–H groups in total. The molecule has 0 spiro atoms. The van der Waals surface area contributed by atoms with Gasteiger partial charge in [-0.15, -0.1) is 0 Å². The van der Waals surface area contributed by atoms with Crippen molar-refractivity contribution in [3.8, 4) is 0 Å². The van der Waals surface area contributed by atoms with Crippen molar-refractivity contribution in [2.75, 3.05) is 18.9 Å². The van der Waals surface area contributed by atoms with E-state index in [1.165, 1.54) is 6.07 Å². The van der Waals surface area contributed by atoms with Crippen molar-refractivity contribution in [2.45, 2.75) is 31.1 Å². The first-order valence-electron chi connectivity index (χ1n) is 6.48. The van der Waals surface area contributed by atoms with Crippen molar-refractivity contribution in [3.05, 3.63) is 23.8 Å². The number of nitrogens with one attached hydrogen (secondary N) is 2. The van der Waals surface area contributed by atoms with Crippen LogP contribution in [0.1, 0.15) is 25.3 Å². The summed E-state index contributed by atoms with van der Waals surface area (Å²) in [5.41, 5.74) is 1.08. The highest BCUT2D eigenvalue weighted by Gasteiger charge is 2.14. The van der Waals surface area contributed by atoms with Crippen LogP contribution in [0.3, 0.4) is 0 Å². The van der Waals surface area contributed by atoms with Gasteiger partial charge in [-0.1, -0.05) is 13.0 Å². The van der Waals surface area contributed by atoms with Crippen LogP contribution >= 0.6 is 0 Å². The molecular formula is C13H21N3O3S. The average molecular weight is 299 g/mol. The lowest BCUT2D eigenvalue weighted by Crippen LogP contribution is -2.17. The number of amides is 1. The molecule has 1 amide bonds. The van der Waals surface area contributed by atoms with Crippen LogP contribution in [0.25, 0.3) is 0 Å². The second-order valence-electron chi connectivity index (χ2n) is 4.48. The number of benzene rings is 1. The molecular weight excluding hydrogens is 278 g/mol. The predicted octanol–water partition coefficient (Wildman–Crippen LogP) is 0.835. The summed E-state index contributed by atoms with van der Waals surface area (Å²) in [6, 6.07) is 4.76. The van der Waals surface area contributed by atoms with E-state index in [0.29, 0.717) is 24.1 Å². The molecule has 0 unspecified atom stereocenters. The molecule has 0 bridgehead atoms. The molecule has 0 radical (unpaired) electrons. The Bertz CT molecular complexity index is 570. The molecule has 0 aliphatic carbocycles. The minimum atomic E-state index is -3.79. The van der Waals surface area contributed by atoms with E-state index in [-0.39, 0.29) is 10.8 Å². The molecule has 6 nitrogen and oxygen atoms in total. The van der Waals surface area contributed by atoms with E-state index < -0.39 is 10.0 Å². The largest absolute Gasteiger partial charge is 0.326 e. The highest BCUT2D eigenvalue weighted by Crippen LogP contribution is 2.20. The van der Waals surface area contributed by atoms with Gasteiger partial charge in [0.1, 0.15) is 0 Å². The zero-order valence-corrected chi connectivity index (χ0v) is 12.6. The van der Waals surface area contributed by atoms with Gasteiger partial charge in [0.05, 0.1) is 4.90 Å². The molecule has 0 atom stereocenters. The standard InChI is InChI=1S/C13H21N3O3S/c1-3-10-6-7-11(9-12(10)20(14,18)19)16-13(17)5-4-8-15-2/h6-7,9,15H,3-5,8H2,1-2H3,(H,16,17)(H2,14,18,19). The summed E-state index contributed by atoms with van der Waals surface area (Å²) in [4.78, 5) is 11.7.